The molecular weight excluding hydrogens is 317 g/mol. The topological polar surface area (TPSA) is 12.0 Å². The summed E-state index contributed by atoms with van der Waals surface area (Å²) in [6.45, 7) is 8.71. The summed E-state index contributed by atoms with van der Waals surface area (Å²) in [4.78, 5) is 0. The van der Waals surface area contributed by atoms with Crippen LogP contribution in [0.15, 0.2) is 22.7 Å². The smallest absolute Gasteiger partial charge is 0.126 e. The summed E-state index contributed by atoms with van der Waals surface area (Å²) in [5.74, 6) is 0.791. The molecule has 20 heavy (non-hydrogen) atoms. The molecule has 3 heteroatoms. The molecule has 0 radical (unpaired) electrons. The molecule has 1 aliphatic rings. The van der Waals surface area contributed by atoms with Crippen molar-refractivity contribution in [1.82, 2.24) is 5.32 Å². The highest BCUT2D eigenvalue weighted by atomic mass is 79.9. The van der Waals surface area contributed by atoms with Crippen molar-refractivity contribution in [2.75, 3.05) is 13.1 Å². The highest BCUT2D eigenvalue weighted by Gasteiger charge is 2.36. The van der Waals surface area contributed by atoms with Crippen LogP contribution in [0, 0.1) is 17.2 Å². The predicted octanol–water partition coefficient (Wildman–Crippen LogP) is 5.11. The average molecular weight is 342 g/mol. The highest BCUT2D eigenvalue weighted by molar-refractivity contribution is 9.10. The zero-order valence-corrected chi connectivity index (χ0v) is 14.3. The minimum Gasteiger partial charge on any atom is -0.317 e. The Kier molecular flexibility index (Phi) is 5.25. The first-order chi connectivity index (χ1) is 9.43. The van der Waals surface area contributed by atoms with Gasteiger partial charge in [-0.3, -0.25) is 0 Å². The molecule has 2 unspecified atom stereocenters. The van der Waals surface area contributed by atoms with Gasteiger partial charge in [-0.1, -0.05) is 36.7 Å². The molecule has 0 saturated heterocycles. The van der Waals surface area contributed by atoms with Crippen molar-refractivity contribution in [2.24, 2.45) is 11.3 Å². The van der Waals surface area contributed by atoms with E-state index < -0.39 is 0 Å². The van der Waals surface area contributed by atoms with E-state index in [9.17, 15) is 4.39 Å². The Balaban J connectivity index is 2.28. The number of nitrogens with one attached hydrogen (secondary N) is 1. The van der Waals surface area contributed by atoms with E-state index in [-0.39, 0.29) is 5.82 Å². The van der Waals surface area contributed by atoms with Gasteiger partial charge in [-0.05, 0) is 73.4 Å². The third kappa shape index (κ3) is 3.82. The Morgan fingerprint density at radius 3 is 2.85 bits per heavy atom. The summed E-state index contributed by atoms with van der Waals surface area (Å²) in [6, 6.07) is 5.35. The molecule has 0 bridgehead atoms. The van der Waals surface area contributed by atoms with Crippen LogP contribution < -0.4 is 5.32 Å². The van der Waals surface area contributed by atoms with Gasteiger partial charge in [-0.25, -0.2) is 4.39 Å². The molecule has 0 heterocycles. The van der Waals surface area contributed by atoms with E-state index in [1.807, 2.05) is 6.07 Å². The lowest BCUT2D eigenvalue weighted by Gasteiger charge is -2.41. The molecule has 1 aromatic carbocycles. The Bertz CT molecular complexity index is 458. The van der Waals surface area contributed by atoms with Gasteiger partial charge in [-0.15, -0.1) is 0 Å². The molecule has 1 aromatic rings. The van der Waals surface area contributed by atoms with E-state index in [1.165, 1.54) is 12.8 Å². The van der Waals surface area contributed by atoms with Gasteiger partial charge in [0.05, 0.1) is 0 Å². The number of hydrogen-bond donors (Lipinski definition) is 1. The monoisotopic (exact) mass is 341 g/mol. The minimum absolute atomic E-state index is 0.0580. The maximum absolute atomic E-state index is 14.3. The first-order valence-electron chi connectivity index (χ1n) is 7.58. The molecule has 112 valence electrons. The lowest BCUT2D eigenvalue weighted by Crippen LogP contribution is -2.35. The van der Waals surface area contributed by atoms with E-state index in [4.69, 9.17) is 0 Å². The van der Waals surface area contributed by atoms with Crippen LogP contribution in [0.25, 0.3) is 0 Å². The van der Waals surface area contributed by atoms with Gasteiger partial charge in [0.25, 0.3) is 0 Å². The zero-order chi connectivity index (χ0) is 14.8. The van der Waals surface area contributed by atoms with Crippen LogP contribution in [-0.4, -0.2) is 13.1 Å². The van der Waals surface area contributed by atoms with Gasteiger partial charge in [0.15, 0.2) is 0 Å². The van der Waals surface area contributed by atoms with Gasteiger partial charge in [-0.2, -0.15) is 0 Å². The molecule has 0 aromatic heterocycles. The van der Waals surface area contributed by atoms with Crippen LogP contribution in [0.1, 0.15) is 51.5 Å². The van der Waals surface area contributed by atoms with Crippen LogP contribution in [0.2, 0.25) is 0 Å². The van der Waals surface area contributed by atoms with Gasteiger partial charge in [0, 0.05) is 4.47 Å². The lowest BCUT2D eigenvalue weighted by atomic mass is 9.65. The maximum Gasteiger partial charge on any atom is 0.126 e. The average Bonchev–Trinajstić information content (AvgIpc) is 2.39. The Hall–Kier alpha value is -0.410. The van der Waals surface area contributed by atoms with Crippen LogP contribution in [-0.2, 0) is 0 Å². The maximum atomic E-state index is 14.3. The fourth-order valence-corrected chi connectivity index (χ4v) is 3.76. The molecule has 1 aliphatic carbocycles. The molecule has 2 atom stereocenters. The highest BCUT2D eigenvalue weighted by Crippen LogP contribution is 2.47. The van der Waals surface area contributed by atoms with Crippen LogP contribution in [0.3, 0.4) is 0 Å². The van der Waals surface area contributed by atoms with Crippen molar-refractivity contribution in [3.05, 3.63) is 34.1 Å². The lowest BCUT2D eigenvalue weighted by molar-refractivity contribution is 0.158. The fraction of sp³-hybridized carbons (Fsp3) is 0.647. The minimum atomic E-state index is -0.0580. The zero-order valence-electron chi connectivity index (χ0n) is 12.7. The van der Waals surface area contributed by atoms with Crippen molar-refractivity contribution in [3.8, 4) is 0 Å². The normalized spacial score (nSPS) is 25.6. The second-order valence-corrected chi connectivity index (χ2v) is 7.66. The van der Waals surface area contributed by atoms with Crippen molar-refractivity contribution in [2.45, 2.75) is 46.0 Å². The van der Waals surface area contributed by atoms with Gasteiger partial charge < -0.3 is 5.32 Å². The Morgan fingerprint density at radius 2 is 2.15 bits per heavy atom. The van der Waals surface area contributed by atoms with Crippen molar-refractivity contribution in [3.63, 3.8) is 0 Å². The number of hydrogen-bond acceptors (Lipinski definition) is 1. The fourth-order valence-electron chi connectivity index (χ4n) is 3.38. The number of rotatable bonds is 4. The summed E-state index contributed by atoms with van der Waals surface area (Å²) in [7, 11) is 0. The predicted molar refractivity (Wildman–Crippen MR) is 86.5 cm³/mol. The molecular formula is C17H25BrFN. The molecule has 2 rings (SSSR count). The van der Waals surface area contributed by atoms with Gasteiger partial charge in [0.2, 0.25) is 0 Å². The summed E-state index contributed by atoms with van der Waals surface area (Å²) in [5, 5.41) is 3.44. The molecule has 1 nitrogen and oxygen atoms in total. The Morgan fingerprint density at radius 1 is 1.40 bits per heavy atom. The third-order valence-electron chi connectivity index (χ3n) is 4.55. The van der Waals surface area contributed by atoms with E-state index >= 15 is 0 Å². The van der Waals surface area contributed by atoms with E-state index in [0.717, 1.165) is 29.5 Å². The summed E-state index contributed by atoms with van der Waals surface area (Å²) in [6.07, 6.45) is 3.47. The molecule has 1 N–H and O–H groups in total. The van der Waals surface area contributed by atoms with Crippen molar-refractivity contribution in [1.29, 1.82) is 0 Å². The summed E-state index contributed by atoms with van der Waals surface area (Å²) >= 11 is 3.48. The van der Waals surface area contributed by atoms with Crippen LogP contribution in [0.5, 0.6) is 0 Å². The van der Waals surface area contributed by atoms with Gasteiger partial charge >= 0.3 is 0 Å². The number of halogens is 2. The molecule has 0 amide bonds. The van der Waals surface area contributed by atoms with Gasteiger partial charge in [0.1, 0.15) is 5.82 Å². The largest absolute Gasteiger partial charge is 0.317 e. The van der Waals surface area contributed by atoms with Crippen LogP contribution in [0.4, 0.5) is 4.39 Å². The van der Waals surface area contributed by atoms with Crippen molar-refractivity contribution >= 4 is 15.9 Å². The molecule has 1 saturated carbocycles. The first kappa shape index (κ1) is 16.0. The molecule has 1 fully saturated rings. The summed E-state index contributed by atoms with van der Waals surface area (Å²) < 4.78 is 15.2. The van der Waals surface area contributed by atoms with E-state index in [0.29, 0.717) is 17.3 Å². The quantitative estimate of drug-likeness (QED) is 0.802. The second-order valence-electron chi connectivity index (χ2n) is 6.75. The second kappa shape index (κ2) is 6.57. The number of benzene rings is 1. The summed E-state index contributed by atoms with van der Waals surface area (Å²) in [5.41, 5.74) is 1.19. The first-order valence-corrected chi connectivity index (χ1v) is 8.38. The molecule has 0 spiro atoms. The standard InChI is InChI=1S/C17H25BrFN/c1-4-20-11-12-7-8-17(2,3)10-15(12)14-9-13(18)5-6-16(14)19/h5-6,9,12,15,20H,4,7-8,10-11H2,1-3H3. The third-order valence-corrected chi connectivity index (χ3v) is 5.04. The Labute approximate surface area is 130 Å². The van der Waals surface area contributed by atoms with Crippen LogP contribution >= 0.6 is 15.9 Å². The van der Waals surface area contributed by atoms with Crippen molar-refractivity contribution < 1.29 is 4.39 Å². The van der Waals surface area contributed by atoms with E-state index in [1.54, 1.807) is 12.1 Å². The van der Waals surface area contributed by atoms with E-state index in [2.05, 4.69) is 42.0 Å². The SMILES string of the molecule is CCNCC1CCC(C)(C)CC1c1cc(Br)ccc1F. The molecule has 0 aliphatic heterocycles.